The Bertz CT molecular complexity index is 4720. The Morgan fingerprint density at radius 1 is 0.333 bits per heavy atom. The summed E-state index contributed by atoms with van der Waals surface area (Å²) >= 11 is 0. The van der Waals surface area contributed by atoms with Crippen molar-refractivity contribution < 1.29 is 30.2 Å². The zero-order valence-electron chi connectivity index (χ0n) is 51.0. The summed E-state index contributed by atoms with van der Waals surface area (Å²) in [5.41, 5.74) is -3.48. The maximum atomic E-state index is 10.5. The fourth-order valence-corrected chi connectivity index (χ4v) is 7.22. The molecule has 0 atom stereocenters. The van der Waals surface area contributed by atoms with E-state index in [1.807, 2.05) is 0 Å². The maximum Gasteiger partial charge on any atom is 0.238 e. The van der Waals surface area contributed by atoms with Gasteiger partial charge in [-0.05, 0) is 54.4 Å². The molecule has 0 saturated carbocycles. The van der Waals surface area contributed by atoms with Crippen LogP contribution in [0.2, 0.25) is 0 Å². The normalized spacial score (nSPS) is 17.3. The maximum absolute atomic E-state index is 10.5. The molecule has 12 rings (SSSR count). The van der Waals surface area contributed by atoms with E-state index in [-0.39, 0.29) is 39.4 Å². The van der Waals surface area contributed by atoms with Crippen LogP contribution in [0.3, 0.4) is 0 Å². The quantitative estimate of drug-likeness (QED) is 0.176. The summed E-state index contributed by atoms with van der Waals surface area (Å²) in [5, 5.41) is -2.52. The average Bonchev–Trinajstić information content (AvgIpc) is 4.32. The standard InChI is InChI=1S/C51H32N6/c1-4-16-33(17-5-1)49-52-50(34-18-6-2-7-19-34)54-51(53-49)57-45-27-15-12-24-39(45)42-31-41-38-23-11-14-26-44(38)56(47(41)32-48(42)57)36-28-29-40-37-22-10-13-25-43(37)55(46(40)30-36)35-20-8-3-9-21-35/h1-32H/i3D,8D,9D,10D,11D,12D,13D,14D,15D,20D,21D,22D,23D,24D,25D,26D,27D,28D,29D,30D,31D,32D. The monoisotopic (exact) mass is 750 g/mol. The van der Waals surface area contributed by atoms with Gasteiger partial charge in [0.25, 0.3) is 0 Å². The fourth-order valence-electron chi connectivity index (χ4n) is 7.22. The predicted molar refractivity (Wildman–Crippen MR) is 234 cm³/mol. The van der Waals surface area contributed by atoms with Gasteiger partial charge in [-0.15, -0.1) is 0 Å². The van der Waals surface area contributed by atoms with Crippen LogP contribution in [-0.2, 0) is 0 Å². The van der Waals surface area contributed by atoms with Crippen LogP contribution in [0.1, 0.15) is 30.2 Å². The molecular weight excluding hydrogens is 697 g/mol. The summed E-state index contributed by atoms with van der Waals surface area (Å²) in [4.78, 5) is 14.4. The smallest absolute Gasteiger partial charge is 0.238 e. The molecule has 0 radical (unpaired) electrons. The van der Waals surface area contributed by atoms with E-state index in [0.29, 0.717) is 11.1 Å². The summed E-state index contributed by atoms with van der Waals surface area (Å²) in [6.07, 6.45) is 0. The van der Waals surface area contributed by atoms with Crippen molar-refractivity contribution in [3.8, 4) is 40.1 Å². The number of para-hydroxylation sites is 4. The van der Waals surface area contributed by atoms with Gasteiger partial charge in [0, 0.05) is 54.8 Å². The highest BCUT2D eigenvalue weighted by atomic mass is 15.2. The number of hydrogen-bond acceptors (Lipinski definition) is 3. The van der Waals surface area contributed by atoms with Crippen molar-refractivity contribution in [2.24, 2.45) is 0 Å². The van der Waals surface area contributed by atoms with Crippen molar-refractivity contribution in [1.29, 1.82) is 0 Å². The number of nitrogens with zero attached hydrogens (tertiary/aromatic N) is 6. The highest BCUT2D eigenvalue weighted by Gasteiger charge is 2.22. The molecule has 0 spiro atoms. The molecule has 6 nitrogen and oxygen atoms in total. The molecule has 4 aromatic heterocycles. The minimum absolute atomic E-state index is 0.0713. The molecule has 8 aromatic carbocycles. The lowest BCUT2D eigenvalue weighted by atomic mass is 10.1. The predicted octanol–water partition coefficient (Wildman–Crippen LogP) is 12.5. The van der Waals surface area contributed by atoms with Gasteiger partial charge in [-0.25, -0.2) is 4.98 Å². The molecule has 57 heavy (non-hydrogen) atoms. The number of fused-ring (bicyclic) bond motifs is 9. The van der Waals surface area contributed by atoms with Crippen LogP contribution in [0.5, 0.6) is 0 Å². The minimum Gasteiger partial charge on any atom is -0.309 e. The van der Waals surface area contributed by atoms with Gasteiger partial charge in [0.05, 0.1) is 63.3 Å². The van der Waals surface area contributed by atoms with E-state index >= 15 is 0 Å². The van der Waals surface area contributed by atoms with Crippen LogP contribution in [0.25, 0.3) is 106 Å². The van der Waals surface area contributed by atoms with E-state index in [1.165, 1.54) is 0 Å². The van der Waals surface area contributed by atoms with Gasteiger partial charge in [-0.1, -0.05) is 139 Å². The van der Waals surface area contributed by atoms with Crippen LogP contribution < -0.4 is 0 Å². The highest BCUT2D eigenvalue weighted by molar-refractivity contribution is 6.19. The zero-order valence-corrected chi connectivity index (χ0v) is 29.0. The molecule has 6 heteroatoms. The third-order valence-electron chi connectivity index (χ3n) is 9.66. The van der Waals surface area contributed by atoms with E-state index in [0.717, 1.165) is 13.7 Å². The van der Waals surface area contributed by atoms with Gasteiger partial charge in [-0.3, -0.25) is 4.57 Å². The van der Waals surface area contributed by atoms with Crippen molar-refractivity contribution in [3.05, 3.63) is 194 Å². The van der Waals surface area contributed by atoms with Gasteiger partial charge < -0.3 is 9.13 Å². The van der Waals surface area contributed by atoms with Crippen LogP contribution >= 0.6 is 0 Å². The Morgan fingerprint density at radius 3 is 1.39 bits per heavy atom. The number of hydrogen-bond donors (Lipinski definition) is 0. The fraction of sp³-hybridized carbons (Fsp3) is 0. The average molecular weight is 751 g/mol. The molecule has 0 N–H and O–H groups in total. The van der Waals surface area contributed by atoms with Gasteiger partial charge >= 0.3 is 0 Å². The molecule has 0 fully saturated rings. The second-order valence-corrected chi connectivity index (χ2v) is 12.8. The minimum atomic E-state index is -0.931. The first-order valence-electron chi connectivity index (χ1n) is 28.4. The first-order valence-corrected chi connectivity index (χ1v) is 17.4. The van der Waals surface area contributed by atoms with Gasteiger partial charge in [0.1, 0.15) is 0 Å². The Balaban J connectivity index is 1.36. The van der Waals surface area contributed by atoms with E-state index in [1.54, 1.807) is 60.7 Å². The van der Waals surface area contributed by atoms with Crippen LogP contribution in [0.15, 0.2) is 194 Å². The largest absolute Gasteiger partial charge is 0.309 e. The zero-order chi connectivity index (χ0) is 56.6. The highest BCUT2D eigenvalue weighted by Crippen LogP contribution is 2.41. The van der Waals surface area contributed by atoms with Crippen molar-refractivity contribution >= 4 is 65.4 Å². The Hall–Kier alpha value is -7.83. The molecule has 12 aromatic rings. The Morgan fingerprint density at radius 2 is 0.789 bits per heavy atom. The third-order valence-corrected chi connectivity index (χ3v) is 9.66. The van der Waals surface area contributed by atoms with E-state index in [9.17, 15) is 12.3 Å². The number of benzene rings is 8. The summed E-state index contributed by atoms with van der Waals surface area (Å²) in [7, 11) is 0. The van der Waals surface area contributed by atoms with Crippen molar-refractivity contribution in [3.63, 3.8) is 0 Å². The molecular formula is C51H32N6. The Labute approximate surface area is 358 Å². The lowest BCUT2D eigenvalue weighted by Gasteiger charge is -2.12. The molecule has 0 aliphatic carbocycles. The third kappa shape index (κ3) is 4.81. The number of rotatable bonds is 5. The van der Waals surface area contributed by atoms with Crippen molar-refractivity contribution in [1.82, 2.24) is 28.7 Å². The lowest BCUT2D eigenvalue weighted by molar-refractivity contribution is 0.953. The first kappa shape index (κ1) is 16.9. The first-order chi connectivity index (χ1) is 37.5. The molecule has 0 unspecified atom stereocenters. The summed E-state index contributed by atoms with van der Waals surface area (Å²) in [6.45, 7) is 0. The van der Waals surface area contributed by atoms with Gasteiger partial charge in [0.15, 0.2) is 11.6 Å². The Kier molecular flexibility index (Phi) is 3.66. The van der Waals surface area contributed by atoms with Gasteiger partial charge in [0.2, 0.25) is 5.95 Å². The molecule has 0 aliphatic heterocycles. The second-order valence-electron chi connectivity index (χ2n) is 12.8. The van der Waals surface area contributed by atoms with E-state index in [2.05, 4.69) is 0 Å². The molecule has 0 bridgehead atoms. The van der Waals surface area contributed by atoms with Crippen molar-refractivity contribution in [2.75, 3.05) is 0 Å². The topological polar surface area (TPSA) is 53.5 Å². The van der Waals surface area contributed by atoms with Crippen LogP contribution in [0.4, 0.5) is 0 Å². The van der Waals surface area contributed by atoms with Gasteiger partial charge in [-0.2, -0.15) is 9.97 Å². The van der Waals surface area contributed by atoms with E-state index in [4.69, 9.17) is 32.8 Å². The van der Waals surface area contributed by atoms with E-state index < -0.39 is 188 Å². The SMILES string of the molecule is [2H]c1c([2H])c([2H])c(-n2c3c([2H])c([2H])c([2H])c([2H])c3c3c([2H])c([2H])c(-n4c5c([2H])c([2H])c([2H])c([2H])c5c5c([2H])c6c7c([2H])c([2H])c([2H])c([2H])c7n(-c7nc(-c8ccccc8)nc(-c8ccccc8)n7)c6c([2H])c54)c([2H])c32)c([2H])c1[2H]. The molecule has 0 saturated heterocycles. The molecule has 0 aliphatic rings. The molecule has 4 heterocycles. The number of aromatic nitrogens is 6. The summed E-state index contributed by atoms with van der Waals surface area (Å²) < 4.78 is 206. The molecule has 266 valence electrons. The van der Waals surface area contributed by atoms with Crippen LogP contribution in [0, 0.1) is 0 Å². The molecule has 0 amide bonds. The lowest BCUT2D eigenvalue weighted by Crippen LogP contribution is -2.06. The van der Waals surface area contributed by atoms with Crippen LogP contribution in [-0.4, -0.2) is 28.7 Å². The summed E-state index contributed by atoms with van der Waals surface area (Å²) in [5.74, 6) is -0.179. The summed E-state index contributed by atoms with van der Waals surface area (Å²) in [6, 6.07) is -0.532. The second kappa shape index (κ2) is 12.3. The van der Waals surface area contributed by atoms with Crippen molar-refractivity contribution in [2.45, 2.75) is 0 Å².